The molecule has 1 fully saturated rings. The molecule has 12 nitrogen and oxygen atoms in total. The summed E-state index contributed by atoms with van der Waals surface area (Å²) in [6.07, 6.45) is 47.5. The number of allylic oxidation sites excluding steroid dienone is 6. The molecule has 6 atom stereocenters. The molecule has 68 heavy (non-hydrogen) atoms. The molecule has 0 saturated carbocycles. The lowest BCUT2D eigenvalue weighted by Crippen LogP contribution is -2.60. The average molecular weight is 987 g/mol. The second-order valence-corrected chi connectivity index (χ2v) is 20.2. The van der Waals surface area contributed by atoms with Gasteiger partial charge in [-0.15, -0.1) is 0 Å². The van der Waals surface area contributed by atoms with Crippen molar-refractivity contribution in [3.8, 4) is 0 Å². The maximum Gasteiger partial charge on any atom is 0.397 e. The highest BCUT2D eigenvalue weighted by atomic mass is 32.3. The van der Waals surface area contributed by atoms with Gasteiger partial charge in [0.15, 0.2) is 6.29 Å². The Morgan fingerprint density at radius 2 is 0.971 bits per heavy atom. The molecule has 1 heterocycles. The van der Waals surface area contributed by atoms with Gasteiger partial charge in [-0.05, 0) is 70.6 Å². The number of hydrogen-bond acceptors (Lipinski definition) is 11. The number of aliphatic hydroxyl groups is 3. The molecule has 0 aromatic rings. The zero-order valence-electron chi connectivity index (χ0n) is 43.2. The molecule has 0 radical (unpaired) electrons. The van der Waals surface area contributed by atoms with Gasteiger partial charge in [0, 0.05) is 13.0 Å². The monoisotopic (exact) mass is 987 g/mol. The molecule has 1 aliphatic heterocycles. The zero-order chi connectivity index (χ0) is 49.6. The Morgan fingerprint density at radius 1 is 0.559 bits per heavy atom. The maximum absolute atomic E-state index is 12.9. The standard InChI is InChI=1S/C55H102O12S/c1-3-5-7-9-11-13-15-17-19-21-23-24-25-26-27-28-30-32-34-36-38-40-42-44-51(57)65-49(48-64-55-53(59)54(67-68(60,61)62)52(58)50(46-56)66-55)47-63-45-43-41-39-37-35-33-31-29-22-20-18-16-14-12-10-8-6-4-2/h12,14,18,20-21,23,49-50,52-56,58-59H,3-11,13,15-17,19,22,24-48H2,1-2H3,(H,60,61,62)/b14-12-,20-18-,23-21-. The van der Waals surface area contributed by atoms with Crippen LogP contribution in [0, 0.1) is 0 Å². The number of rotatable bonds is 49. The largest absolute Gasteiger partial charge is 0.457 e. The van der Waals surface area contributed by atoms with Crippen LogP contribution in [-0.2, 0) is 38.3 Å². The van der Waals surface area contributed by atoms with E-state index in [4.69, 9.17) is 18.9 Å². The fraction of sp³-hybridized carbons (Fsp3) is 0.873. The van der Waals surface area contributed by atoms with Crippen LogP contribution in [0.4, 0.5) is 0 Å². The van der Waals surface area contributed by atoms with Gasteiger partial charge in [0.05, 0.1) is 19.8 Å². The van der Waals surface area contributed by atoms with Crippen LogP contribution in [0.1, 0.15) is 245 Å². The summed E-state index contributed by atoms with van der Waals surface area (Å²) in [6.45, 7) is 3.99. The normalized spacial score (nSPS) is 19.5. The number of carbonyl (C=O) groups excluding carboxylic acids is 1. The van der Waals surface area contributed by atoms with Crippen molar-refractivity contribution in [1.29, 1.82) is 0 Å². The van der Waals surface area contributed by atoms with Crippen molar-refractivity contribution in [1.82, 2.24) is 0 Å². The van der Waals surface area contributed by atoms with E-state index in [2.05, 4.69) is 54.5 Å². The zero-order valence-corrected chi connectivity index (χ0v) is 44.0. The summed E-state index contributed by atoms with van der Waals surface area (Å²) in [5.41, 5.74) is 0. The molecule has 1 rings (SSSR count). The summed E-state index contributed by atoms with van der Waals surface area (Å²) in [6, 6.07) is 0. The fourth-order valence-electron chi connectivity index (χ4n) is 8.52. The third-order valence-corrected chi connectivity index (χ3v) is 13.2. The fourth-order valence-corrected chi connectivity index (χ4v) is 9.03. The van der Waals surface area contributed by atoms with E-state index in [0.717, 1.165) is 51.4 Å². The van der Waals surface area contributed by atoms with Gasteiger partial charge in [-0.25, -0.2) is 4.18 Å². The molecule has 0 amide bonds. The van der Waals surface area contributed by atoms with Gasteiger partial charge < -0.3 is 34.3 Å². The molecule has 0 aromatic carbocycles. The van der Waals surface area contributed by atoms with Gasteiger partial charge in [0.25, 0.3) is 0 Å². The van der Waals surface area contributed by atoms with E-state index in [1.165, 1.54) is 167 Å². The third-order valence-electron chi connectivity index (χ3n) is 12.7. The summed E-state index contributed by atoms with van der Waals surface area (Å²) >= 11 is 0. The van der Waals surface area contributed by atoms with Crippen molar-refractivity contribution in [3.63, 3.8) is 0 Å². The van der Waals surface area contributed by atoms with Crippen LogP contribution in [0.25, 0.3) is 0 Å². The van der Waals surface area contributed by atoms with Crippen LogP contribution in [0.2, 0.25) is 0 Å². The molecule has 13 heteroatoms. The Labute approximate surface area is 415 Å². The predicted octanol–water partition coefficient (Wildman–Crippen LogP) is 13.3. The van der Waals surface area contributed by atoms with E-state index in [0.29, 0.717) is 13.0 Å². The smallest absolute Gasteiger partial charge is 0.397 e. The molecule has 1 saturated heterocycles. The van der Waals surface area contributed by atoms with Crippen molar-refractivity contribution in [2.45, 2.75) is 282 Å². The second-order valence-electron chi connectivity index (χ2n) is 19.2. The van der Waals surface area contributed by atoms with Crippen LogP contribution >= 0.6 is 0 Å². The number of ether oxygens (including phenoxy) is 4. The Kier molecular flexibility index (Phi) is 43.9. The SMILES string of the molecule is CCCCC/C=C\C/C=C\CCCCCCCCCCOCC(COC1OC(CO)C(O)C(OS(=O)(=O)O)C1O)OC(=O)CCCCCCCCCCCCC/C=C\CCCCCCCCCC. The Balaban J connectivity index is 2.31. The van der Waals surface area contributed by atoms with Crippen LogP contribution < -0.4 is 0 Å². The summed E-state index contributed by atoms with van der Waals surface area (Å²) in [5.74, 6) is -0.399. The summed E-state index contributed by atoms with van der Waals surface area (Å²) in [7, 11) is -5.07. The second kappa shape index (κ2) is 46.4. The molecule has 400 valence electrons. The molecule has 0 bridgehead atoms. The number of hydrogen-bond donors (Lipinski definition) is 4. The van der Waals surface area contributed by atoms with Gasteiger partial charge in [-0.2, -0.15) is 8.42 Å². The molecular formula is C55H102O12S. The van der Waals surface area contributed by atoms with Crippen LogP contribution in [0.15, 0.2) is 36.5 Å². The highest BCUT2D eigenvalue weighted by Crippen LogP contribution is 2.26. The van der Waals surface area contributed by atoms with Crippen LogP contribution in [0.3, 0.4) is 0 Å². The van der Waals surface area contributed by atoms with Crippen LogP contribution in [-0.4, -0.2) is 97.5 Å². The predicted molar refractivity (Wildman–Crippen MR) is 276 cm³/mol. The van der Waals surface area contributed by atoms with Crippen molar-refractivity contribution in [2.24, 2.45) is 0 Å². The molecule has 0 spiro atoms. The van der Waals surface area contributed by atoms with Crippen molar-refractivity contribution >= 4 is 16.4 Å². The summed E-state index contributed by atoms with van der Waals surface area (Å²) < 4.78 is 59.4. The Morgan fingerprint density at radius 3 is 1.44 bits per heavy atom. The quantitative estimate of drug-likeness (QED) is 0.0197. The van der Waals surface area contributed by atoms with Gasteiger partial charge in [-0.1, -0.05) is 204 Å². The molecular weight excluding hydrogens is 885 g/mol. The molecule has 6 unspecified atom stereocenters. The lowest BCUT2D eigenvalue weighted by Gasteiger charge is -2.41. The minimum Gasteiger partial charge on any atom is -0.457 e. The number of esters is 1. The highest BCUT2D eigenvalue weighted by molar-refractivity contribution is 7.80. The Bertz CT molecular complexity index is 1320. The van der Waals surface area contributed by atoms with E-state index < -0.39 is 59.8 Å². The summed E-state index contributed by atoms with van der Waals surface area (Å²) in [4.78, 5) is 12.9. The van der Waals surface area contributed by atoms with Crippen molar-refractivity contribution in [2.75, 3.05) is 26.4 Å². The molecule has 0 aliphatic carbocycles. The summed E-state index contributed by atoms with van der Waals surface area (Å²) in [5, 5.41) is 30.8. The Hall–Kier alpha value is -1.68. The lowest BCUT2D eigenvalue weighted by atomic mass is 9.99. The van der Waals surface area contributed by atoms with Gasteiger partial charge in [0.1, 0.15) is 30.5 Å². The van der Waals surface area contributed by atoms with E-state index >= 15 is 0 Å². The first-order chi connectivity index (χ1) is 33.1. The highest BCUT2D eigenvalue weighted by Gasteiger charge is 2.48. The van der Waals surface area contributed by atoms with Gasteiger partial charge in [-0.3, -0.25) is 9.35 Å². The van der Waals surface area contributed by atoms with Crippen LogP contribution in [0.5, 0.6) is 0 Å². The average Bonchev–Trinajstić information content (AvgIpc) is 3.31. The first kappa shape index (κ1) is 64.3. The minimum atomic E-state index is -5.07. The first-order valence-corrected chi connectivity index (χ1v) is 29.1. The molecule has 4 N–H and O–H groups in total. The van der Waals surface area contributed by atoms with Crippen molar-refractivity contribution in [3.05, 3.63) is 36.5 Å². The number of aliphatic hydroxyl groups excluding tert-OH is 3. The van der Waals surface area contributed by atoms with Crippen molar-refractivity contribution < 1.29 is 56.2 Å². The number of unbranched alkanes of at least 4 members (excludes halogenated alkanes) is 30. The third kappa shape index (κ3) is 39.0. The van der Waals surface area contributed by atoms with E-state index in [-0.39, 0.29) is 19.6 Å². The number of carbonyl (C=O) groups is 1. The van der Waals surface area contributed by atoms with E-state index in [9.17, 15) is 33.1 Å². The topological polar surface area (TPSA) is 178 Å². The lowest BCUT2D eigenvalue weighted by molar-refractivity contribution is -0.301. The van der Waals surface area contributed by atoms with E-state index in [1.807, 2.05) is 0 Å². The minimum absolute atomic E-state index is 0.0334. The van der Waals surface area contributed by atoms with E-state index in [1.54, 1.807) is 0 Å². The molecule has 1 aliphatic rings. The maximum atomic E-state index is 12.9. The van der Waals surface area contributed by atoms with Gasteiger partial charge >= 0.3 is 16.4 Å². The molecule has 0 aromatic heterocycles. The first-order valence-electron chi connectivity index (χ1n) is 27.7. The van der Waals surface area contributed by atoms with Gasteiger partial charge in [0.2, 0.25) is 0 Å².